The molecule has 3 aromatic carbocycles. The predicted molar refractivity (Wildman–Crippen MR) is 108 cm³/mol. The third-order valence-corrected chi connectivity index (χ3v) is 4.92. The summed E-state index contributed by atoms with van der Waals surface area (Å²) in [6.45, 7) is 2.03. The third-order valence-electron chi connectivity index (χ3n) is 4.10. The average molecular weight is 397 g/mol. The van der Waals surface area contributed by atoms with Crippen LogP contribution >= 0.6 is 23.2 Å². The van der Waals surface area contributed by atoms with Crippen molar-refractivity contribution in [1.82, 2.24) is 15.0 Å². The molecule has 0 aliphatic heterocycles. The van der Waals surface area contributed by atoms with E-state index >= 15 is 0 Å². The molecule has 0 saturated heterocycles. The van der Waals surface area contributed by atoms with Crippen molar-refractivity contribution in [3.8, 4) is 5.69 Å². The molecule has 0 bridgehead atoms. The maximum absolute atomic E-state index is 12.5. The van der Waals surface area contributed by atoms with Gasteiger partial charge in [0.25, 0.3) is 5.91 Å². The molecule has 0 atom stereocenters. The van der Waals surface area contributed by atoms with Gasteiger partial charge in [0.1, 0.15) is 11.0 Å². The number of carbonyl (C=O) groups excluding carboxylic acids is 1. The number of fused-ring (bicyclic) bond motifs is 1. The lowest BCUT2D eigenvalue weighted by molar-refractivity contribution is 0.102. The minimum atomic E-state index is -0.340. The highest BCUT2D eigenvalue weighted by molar-refractivity contribution is 6.44. The van der Waals surface area contributed by atoms with Crippen LogP contribution in [-0.4, -0.2) is 20.9 Å². The second-order valence-electron chi connectivity index (χ2n) is 6.08. The van der Waals surface area contributed by atoms with Gasteiger partial charge < -0.3 is 5.32 Å². The summed E-state index contributed by atoms with van der Waals surface area (Å²) < 4.78 is 0. The van der Waals surface area contributed by atoms with Gasteiger partial charge >= 0.3 is 0 Å². The van der Waals surface area contributed by atoms with Gasteiger partial charge in [-0.05, 0) is 49.4 Å². The predicted octanol–water partition coefficient (Wildman–Crippen LogP) is 5.29. The van der Waals surface area contributed by atoms with Crippen LogP contribution in [0.5, 0.6) is 0 Å². The van der Waals surface area contributed by atoms with Gasteiger partial charge in [0.15, 0.2) is 0 Å². The van der Waals surface area contributed by atoms with Gasteiger partial charge in [-0.25, -0.2) is 0 Å². The maximum atomic E-state index is 12.5. The molecule has 4 aromatic rings. The Bertz CT molecular complexity index is 1150. The molecule has 134 valence electrons. The highest BCUT2D eigenvalue weighted by Crippen LogP contribution is 2.26. The van der Waals surface area contributed by atoms with Gasteiger partial charge in [-0.1, -0.05) is 47.0 Å². The number of carbonyl (C=O) groups is 1. The molecule has 0 fully saturated rings. The SMILES string of the molecule is Cc1ccc(-n2nc3ccc(NC(=O)c4cccc(Cl)c4Cl)cc3n2)cc1. The average Bonchev–Trinajstić information content (AvgIpc) is 3.07. The van der Waals surface area contributed by atoms with Gasteiger partial charge in [0, 0.05) is 5.69 Å². The van der Waals surface area contributed by atoms with Crippen LogP contribution in [0.3, 0.4) is 0 Å². The van der Waals surface area contributed by atoms with E-state index < -0.39 is 0 Å². The number of nitrogens with one attached hydrogen (secondary N) is 1. The van der Waals surface area contributed by atoms with Crippen LogP contribution in [0.1, 0.15) is 15.9 Å². The minimum absolute atomic E-state index is 0.225. The molecule has 0 saturated carbocycles. The number of aryl methyl sites for hydroxylation is 1. The number of rotatable bonds is 3. The standard InChI is InChI=1S/C20H14Cl2N4O/c1-12-5-8-14(9-6-12)26-24-17-10-7-13(11-18(17)25-26)23-20(27)15-3-2-4-16(21)19(15)22/h2-11H,1H3,(H,23,27). The zero-order chi connectivity index (χ0) is 19.0. The Balaban J connectivity index is 1.62. The Labute approximate surface area is 165 Å². The van der Waals surface area contributed by atoms with Crippen LogP contribution < -0.4 is 5.32 Å². The number of halogens is 2. The third kappa shape index (κ3) is 3.52. The summed E-state index contributed by atoms with van der Waals surface area (Å²) in [7, 11) is 0. The first-order valence-electron chi connectivity index (χ1n) is 8.21. The first kappa shape index (κ1) is 17.5. The molecule has 5 nitrogen and oxygen atoms in total. The molecule has 4 rings (SSSR count). The monoisotopic (exact) mass is 396 g/mol. The molecular formula is C20H14Cl2N4O. The smallest absolute Gasteiger partial charge is 0.257 e. The Hall–Kier alpha value is -2.89. The number of aromatic nitrogens is 3. The Morgan fingerprint density at radius 3 is 2.48 bits per heavy atom. The number of hydrogen-bond donors (Lipinski definition) is 1. The lowest BCUT2D eigenvalue weighted by Crippen LogP contribution is -2.12. The van der Waals surface area contributed by atoms with Crippen LogP contribution in [0.15, 0.2) is 60.7 Å². The summed E-state index contributed by atoms with van der Waals surface area (Å²) in [4.78, 5) is 14.1. The minimum Gasteiger partial charge on any atom is -0.322 e. The van der Waals surface area contributed by atoms with E-state index in [-0.39, 0.29) is 10.9 Å². The molecule has 1 N–H and O–H groups in total. The maximum Gasteiger partial charge on any atom is 0.257 e. The van der Waals surface area contributed by atoms with E-state index in [1.54, 1.807) is 35.1 Å². The molecule has 0 aliphatic carbocycles. The molecule has 27 heavy (non-hydrogen) atoms. The molecule has 0 radical (unpaired) electrons. The van der Waals surface area contributed by atoms with Crippen molar-refractivity contribution in [3.05, 3.63) is 81.8 Å². The molecule has 0 unspecified atom stereocenters. The number of benzene rings is 3. The second-order valence-corrected chi connectivity index (χ2v) is 6.87. The Kier molecular flexibility index (Phi) is 4.56. The summed E-state index contributed by atoms with van der Waals surface area (Å²) in [5.74, 6) is -0.340. The Morgan fingerprint density at radius 1 is 0.963 bits per heavy atom. The molecule has 1 heterocycles. The molecule has 1 aromatic heterocycles. The van der Waals surface area contributed by atoms with Crippen LogP contribution in [0.2, 0.25) is 10.0 Å². The van der Waals surface area contributed by atoms with Crippen LogP contribution in [-0.2, 0) is 0 Å². The fourth-order valence-electron chi connectivity index (χ4n) is 2.66. The van der Waals surface area contributed by atoms with Crippen LogP contribution in [0.4, 0.5) is 5.69 Å². The number of hydrogen-bond acceptors (Lipinski definition) is 3. The summed E-state index contributed by atoms with van der Waals surface area (Å²) >= 11 is 12.1. The molecule has 1 amide bonds. The van der Waals surface area contributed by atoms with E-state index in [9.17, 15) is 4.79 Å². The first-order chi connectivity index (χ1) is 13.0. The van der Waals surface area contributed by atoms with E-state index in [2.05, 4.69) is 15.5 Å². The zero-order valence-electron chi connectivity index (χ0n) is 14.3. The van der Waals surface area contributed by atoms with Crippen molar-refractivity contribution in [1.29, 1.82) is 0 Å². The van der Waals surface area contributed by atoms with E-state index in [1.807, 2.05) is 37.3 Å². The van der Waals surface area contributed by atoms with Crippen molar-refractivity contribution in [2.75, 3.05) is 5.32 Å². The normalized spacial score (nSPS) is 10.9. The molecular weight excluding hydrogens is 383 g/mol. The van der Waals surface area contributed by atoms with Gasteiger partial charge in [0.2, 0.25) is 0 Å². The molecule has 0 aliphatic rings. The summed E-state index contributed by atoms with van der Waals surface area (Å²) in [5.41, 5.74) is 4.35. The Morgan fingerprint density at radius 2 is 1.70 bits per heavy atom. The van der Waals surface area contributed by atoms with Gasteiger partial charge in [0.05, 0.1) is 21.3 Å². The fourth-order valence-corrected chi connectivity index (χ4v) is 3.05. The lowest BCUT2D eigenvalue weighted by atomic mass is 10.2. The van der Waals surface area contributed by atoms with Gasteiger partial charge in [-0.15, -0.1) is 10.2 Å². The molecule has 0 spiro atoms. The van der Waals surface area contributed by atoms with E-state index in [0.29, 0.717) is 21.8 Å². The van der Waals surface area contributed by atoms with Crippen molar-refractivity contribution in [2.45, 2.75) is 6.92 Å². The van der Waals surface area contributed by atoms with Crippen molar-refractivity contribution >= 4 is 45.8 Å². The van der Waals surface area contributed by atoms with Crippen molar-refractivity contribution in [3.63, 3.8) is 0 Å². The summed E-state index contributed by atoms with van der Waals surface area (Å²) in [5, 5.41) is 12.3. The lowest BCUT2D eigenvalue weighted by Gasteiger charge is -2.07. The van der Waals surface area contributed by atoms with Crippen LogP contribution in [0, 0.1) is 6.92 Å². The largest absolute Gasteiger partial charge is 0.322 e. The highest BCUT2D eigenvalue weighted by Gasteiger charge is 2.13. The topological polar surface area (TPSA) is 59.8 Å². The van der Waals surface area contributed by atoms with Crippen molar-refractivity contribution < 1.29 is 4.79 Å². The van der Waals surface area contributed by atoms with Gasteiger partial charge in [-0.2, -0.15) is 4.80 Å². The second kappa shape index (κ2) is 7.02. The van der Waals surface area contributed by atoms with Gasteiger partial charge in [-0.3, -0.25) is 4.79 Å². The van der Waals surface area contributed by atoms with Crippen LogP contribution in [0.25, 0.3) is 16.7 Å². The van der Waals surface area contributed by atoms with E-state index in [0.717, 1.165) is 11.2 Å². The number of nitrogens with zero attached hydrogens (tertiary/aromatic N) is 3. The number of amides is 1. The summed E-state index contributed by atoms with van der Waals surface area (Å²) in [6, 6.07) is 18.2. The van der Waals surface area contributed by atoms with E-state index in [1.165, 1.54) is 5.56 Å². The first-order valence-corrected chi connectivity index (χ1v) is 8.96. The molecule has 7 heteroatoms. The number of anilines is 1. The van der Waals surface area contributed by atoms with E-state index in [4.69, 9.17) is 23.2 Å². The zero-order valence-corrected chi connectivity index (χ0v) is 15.8. The highest BCUT2D eigenvalue weighted by atomic mass is 35.5. The quantitative estimate of drug-likeness (QED) is 0.511. The fraction of sp³-hybridized carbons (Fsp3) is 0.0500. The summed E-state index contributed by atoms with van der Waals surface area (Å²) in [6.07, 6.45) is 0. The van der Waals surface area contributed by atoms with Crippen molar-refractivity contribution in [2.24, 2.45) is 0 Å².